The van der Waals surface area contributed by atoms with Crippen LogP contribution in [-0.2, 0) is 20.7 Å². The first-order valence-corrected chi connectivity index (χ1v) is 12.6. The molecule has 2 amide bonds. The molecule has 3 aromatic rings. The van der Waals surface area contributed by atoms with Crippen LogP contribution in [0.25, 0.3) is 10.9 Å². The zero-order valence-corrected chi connectivity index (χ0v) is 21.1. The van der Waals surface area contributed by atoms with E-state index in [1.165, 1.54) is 0 Å². The number of hydrogen-bond acceptors (Lipinski definition) is 5. The molecular weight excluding hydrogens is 458 g/mol. The van der Waals surface area contributed by atoms with E-state index >= 15 is 0 Å². The minimum absolute atomic E-state index is 0.0205. The van der Waals surface area contributed by atoms with Crippen molar-refractivity contribution in [2.24, 2.45) is 0 Å². The number of rotatable bonds is 9. The van der Waals surface area contributed by atoms with Gasteiger partial charge in [0.2, 0.25) is 11.8 Å². The van der Waals surface area contributed by atoms with Gasteiger partial charge in [0.15, 0.2) is 11.5 Å². The van der Waals surface area contributed by atoms with Crippen molar-refractivity contribution in [2.75, 3.05) is 40.5 Å². The molecule has 1 aromatic heterocycles. The van der Waals surface area contributed by atoms with Crippen LogP contribution in [0.2, 0.25) is 0 Å². The van der Waals surface area contributed by atoms with Gasteiger partial charge in [0.05, 0.1) is 20.8 Å². The van der Waals surface area contributed by atoms with Crippen LogP contribution >= 0.6 is 0 Å². The third-order valence-corrected chi connectivity index (χ3v) is 7.14. The summed E-state index contributed by atoms with van der Waals surface area (Å²) in [6.45, 7) is 3.91. The Labute approximate surface area is 211 Å². The molecule has 3 heterocycles. The molecule has 190 valence electrons. The number of carbonyl (C=O) groups excluding carboxylic acids is 2. The predicted molar refractivity (Wildman–Crippen MR) is 136 cm³/mol. The SMILES string of the molecule is CCCOCCCN1CC(=O)N2[C@@H](c3cccc(OC)c3OC)c3[nH]c4ccccc4c3C[C@H]2C1=O. The minimum atomic E-state index is -0.588. The number of nitrogens with zero attached hydrogens (tertiary/aromatic N) is 2. The first kappa shape index (κ1) is 24.2. The van der Waals surface area contributed by atoms with Gasteiger partial charge in [-0.1, -0.05) is 37.3 Å². The lowest BCUT2D eigenvalue weighted by Crippen LogP contribution is -2.63. The first-order valence-electron chi connectivity index (χ1n) is 12.6. The van der Waals surface area contributed by atoms with Crippen molar-refractivity contribution in [1.29, 1.82) is 0 Å². The number of para-hydroxylation sites is 2. The zero-order chi connectivity index (χ0) is 25.2. The van der Waals surface area contributed by atoms with Crippen molar-refractivity contribution in [1.82, 2.24) is 14.8 Å². The van der Waals surface area contributed by atoms with E-state index in [0.29, 0.717) is 44.1 Å². The average molecular weight is 492 g/mol. The molecule has 0 saturated carbocycles. The lowest BCUT2D eigenvalue weighted by molar-refractivity contribution is -0.158. The van der Waals surface area contributed by atoms with Gasteiger partial charge in [0, 0.05) is 48.3 Å². The third kappa shape index (κ3) is 4.09. The minimum Gasteiger partial charge on any atom is -0.493 e. The van der Waals surface area contributed by atoms with Gasteiger partial charge < -0.3 is 29.0 Å². The predicted octanol–water partition coefficient (Wildman–Crippen LogP) is 3.69. The van der Waals surface area contributed by atoms with Gasteiger partial charge in [-0.15, -0.1) is 0 Å². The monoisotopic (exact) mass is 491 g/mol. The van der Waals surface area contributed by atoms with Crippen LogP contribution in [-0.4, -0.2) is 73.2 Å². The van der Waals surface area contributed by atoms with Crippen LogP contribution in [0.5, 0.6) is 11.5 Å². The van der Waals surface area contributed by atoms with Crippen LogP contribution in [0, 0.1) is 0 Å². The summed E-state index contributed by atoms with van der Waals surface area (Å²) in [6, 6.07) is 12.7. The lowest BCUT2D eigenvalue weighted by Gasteiger charge is -2.47. The Morgan fingerprint density at radius 3 is 2.64 bits per heavy atom. The number of methoxy groups -OCH3 is 2. The largest absolute Gasteiger partial charge is 0.493 e. The molecule has 8 heteroatoms. The molecule has 2 aliphatic heterocycles. The number of ether oxygens (including phenoxy) is 3. The van der Waals surface area contributed by atoms with Crippen LogP contribution < -0.4 is 9.47 Å². The average Bonchev–Trinajstić information content (AvgIpc) is 3.28. The van der Waals surface area contributed by atoms with Gasteiger partial charge in [-0.3, -0.25) is 9.59 Å². The number of piperazine rings is 1. The van der Waals surface area contributed by atoms with Gasteiger partial charge >= 0.3 is 0 Å². The van der Waals surface area contributed by atoms with E-state index < -0.39 is 12.1 Å². The van der Waals surface area contributed by atoms with Crippen LogP contribution in [0.3, 0.4) is 0 Å². The second-order valence-corrected chi connectivity index (χ2v) is 9.29. The summed E-state index contributed by atoms with van der Waals surface area (Å²) in [4.78, 5) is 34.5. The second kappa shape index (κ2) is 10.2. The topological polar surface area (TPSA) is 84.1 Å². The quantitative estimate of drug-likeness (QED) is 0.462. The number of H-pyrrole nitrogens is 1. The Balaban J connectivity index is 1.57. The Hall–Kier alpha value is -3.52. The summed E-state index contributed by atoms with van der Waals surface area (Å²) in [5, 5.41) is 1.07. The van der Waals surface area contributed by atoms with Crippen molar-refractivity contribution in [3.63, 3.8) is 0 Å². The van der Waals surface area contributed by atoms with Gasteiger partial charge in [-0.05, 0) is 30.5 Å². The summed E-state index contributed by atoms with van der Waals surface area (Å²) < 4.78 is 16.9. The van der Waals surface area contributed by atoms with E-state index in [9.17, 15) is 9.59 Å². The van der Waals surface area contributed by atoms with Gasteiger partial charge in [0.1, 0.15) is 12.1 Å². The second-order valence-electron chi connectivity index (χ2n) is 9.29. The van der Waals surface area contributed by atoms with Crippen molar-refractivity contribution in [2.45, 2.75) is 38.3 Å². The van der Waals surface area contributed by atoms with E-state index in [1.807, 2.05) is 36.4 Å². The van der Waals surface area contributed by atoms with Crippen LogP contribution in [0.15, 0.2) is 42.5 Å². The molecule has 1 saturated heterocycles. The number of aromatic nitrogens is 1. The third-order valence-electron chi connectivity index (χ3n) is 7.14. The number of benzene rings is 2. The van der Waals surface area contributed by atoms with Crippen molar-refractivity contribution in [3.05, 3.63) is 59.3 Å². The van der Waals surface area contributed by atoms with Crippen molar-refractivity contribution >= 4 is 22.7 Å². The fraction of sp³-hybridized carbons (Fsp3) is 0.429. The summed E-state index contributed by atoms with van der Waals surface area (Å²) in [6.07, 6.45) is 2.13. The first-order chi connectivity index (χ1) is 17.6. The number of hydrogen-bond donors (Lipinski definition) is 1. The van der Waals surface area contributed by atoms with Crippen LogP contribution in [0.4, 0.5) is 0 Å². The molecule has 0 radical (unpaired) electrons. The zero-order valence-electron chi connectivity index (χ0n) is 21.1. The van der Waals surface area contributed by atoms with Crippen LogP contribution in [0.1, 0.15) is 42.6 Å². The molecular formula is C28H33N3O5. The molecule has 0 spiro atoms. The van der Waals surface area contributed by atoms with E-state index in [-0.39, 0.29) is 18.4 Å². The Bertz CT molecular complexity index is 1270. The van der Waals surface area contributed by atoms with Gasteiger partial charge in [0.25, 0.3) is 0 Å². The molecule has 0 unspecified atom stereocenters. The molecule has 8 nitrogen and oxygen atoms in total. The molecule has 0 bridgehead atoms. The maximum absolute atomic E-state index is 13.8. The molecule has 1 fully saturated rings. The Morgan fingerprint density at radius 1 is 1.03 bits per heavy atom. The molecule has 5 rings (SSSR count). The summed E-state index contributed by atoms with van der Waals surface area (Å²) in [5.41, 5.74) is 3.76. The summed E-state index contributed by atoms with van der Waals surface area (Å²) in [5.74, 6) is 1.05. The molecule has 2 aliphatic rings. The number of fused-ring (bicyclic) bond motifs is 4. The van der Waals surface area contributed by atoms with Crippen molar-refractivity contribution in [3.8, 4) is 11.5 Å². The number of amides is 2. The molecule has 1 N–H and O–H groups in total. The highest BCUT2D eigenvalue weighted by Gasteiger charge is 2.48. The molecule has 2 aromatic carbocycles. The normalized spacial score (nSPS) is 19.4. The highest BCUT2D eigenvalue weighted by atomic mass is 16.5. The lowest BCUT2D eigenvalue weighted by atomic mass is 9.85. The van der Waals surface area contributed by atoms with E-state index in [2.05, 4.69) is 18.0 Å². The van der Waals surface area contributed by atoms with E-state index in [4.69, 9.17) is 14.2 Å². The van der Waals surface area contributed by atoms with E-state index in [1.54, 1.807) is 24.0 Å². The maximum atomic E-state index is 13.8. The number of aromatic amines is 1. The molecule has 36 heavy (non-hydrogen) atoms. The summed E-state index contributed by atoms with van der Waals surface area (Å²) >= 11 is 0. The molecule has 2 atom stereocenters. The number of nitrogens with one attached hydrogen (secondary N) is 1. The highest BCUT2D eigenvalue weighted by molar-refractivity contribution is 5.97. The fourth-order valence-electron chi connectivity index (χ4n) is 5.57. The van der Waals surface area contributed by atoms with E-state index in [0.717, 1.165) is 34.1 Å². The van der Waals surface area contributed by atoms with Gasteiger partial charge in [-0.25, -0.2) is 0 Å². The smallest absolute Gasteiger partial charge is 0.246 e. The van der Waals surface area contributed by atoms with Crippen molar-refractivity contribution < 1.29 is 23.8 Å². The standard InChI is InChI=1S/C28H33N3O5/c1-4-14-36-15-8-13-30-17-24(32)31-22(28(30)33)16-20-18-9-5-6-11-21(18)29-25(20)26(31)19-10-7-12-23(34-2)27(19)35-3/h5-7,9-12,22,26,29H,4,8,13-17H2,1-3H3/t22-,26-/m0/s1. The van der Waals surface area contributed by atoms with Gasteiger partial charge in [-0.2, -0.15) is 0 Å². The Morgan fingerprint density at radius 2 is 1.86 bits per heavy atom. The Kier molecular flexibility index (Phi) is 6.87. The summed E-state index contributed by atoms with van der Waals surface area (Å²) in [7, 11) is 3.19. The highest BCUT2D eigenvalue weighted by Crippen LogP contribution is 2.46. The molecule has 0 aliphatic carbocycles. The fourth-order valence-corrected chi connectivity index (χ4v) is 5.57. The number of carbonyl (C=O) groups is 2. The maximum Gasteiger partial charge on any atom is 0.246 e.